The maximum atomic E-state index is 12.1. The molecule has 1 atom stereocenters. The highest BCUT2D eigenvalue weighted by molar-refractivity contribution is 5.91. The summed E-state index contributed by atoms with van der Waals surface area (Å²) in [6.45, 7) is 5.55. The molecule has 156 valence electrons. The van der Waals surface area contributed by atoms with Crippen LogP contribution in [0.15, 0.2) is 54.6 Å². The molecule has 0 saturated carbocycles. The smallest absolute Gasteiger partial charge is 0.407 e. The van der Waals surface area contributed by atoms with Crippen LogP contribution in [0.2, 0.25) is 0 Å². The van der Waals surface area contributed by atoms with Gasteiger partial charge in [0.25, 0.3) is 0 Å². The zero-order valence-corrected chi connectivity index (χ0v) is 17.3. The number of ether oxygens (including phenoxy) is 1. The van der Waals surface area contributed by atoms with Gasteiger partial charge in [-0.15, -0.1) is 0 Å². The second-order valence-corrected chi connectivity index (χ2v) is 7.89. The predicted octanol–water partition coefficient (Wildman–Crippen LogP) is 4.21. The van der Waals surface area contributed by atoms with Crippen molar-refractivity contribution < 1.29 is 19.4 Å². The van der Waals surface area contributed by atoms with E-state index in [4.69, 9.17) is 4.74 Å². The summed E-state index contributed by atoms with van der Waals surface area (Å²) in [6.07, 6.45) is 0.384. The Kier molecular flexibility index (Phi) is 8.21. The molecule has 0 radical (unpaired) electrons. The zero-order chi connectivity index (χ0) is 21.3. The summed E-state index contributed by atoms with van der Waals surface area (Å²) in [4.78, 5) is 23.7. The normalized spacial score (nSPS) is 12.1. The quantitative estimate of drug-likeness (QED) is 0.622. The lowest BCUT2D eigenvalue weighted by molar-refractivity contribution is -0.116. The Morgan fingerprint density at radius 1 is 1.07 bits per heavy atom. The molecule has 0 fully saturated rings. The van der Waals surface area contributed by atoms with E-state index in [-0.39, 0.29) is 18.9 Å². The fraction of sp³-hybridized carbons (Fsp3) is 0.391. The standard InChI is InChI=1S/C23H30N2O4/c1-23(2,3)29-22(28)24-15-14-21(27)25-19-11-7-8-17(16-19)12-13-20(26)18-9-5-4-6-10-18/h4-11,16,20,26H,12-15H2,1-3H3,(H,24,28)(H,25,27)/t20-/m1/s1. The van der Waals surface area contributed by atoms with Gasteiger partial charge in [-0.1, -0.05) is 42.5 Å². The second-order valence-electron chi connectivity index (χ2n) is 7.89. The van der Waals surface area contributed by atoms with Crippen molar-refractivity contribution in [1.29, 1.82) is 0 Å². The molecule has 2 aromatic rings. The molecule has 3 N–H and O–H groups in total. The topological polar surface area (TPSA) is 87.7 Å². The van der Waals surface area contributed by atoms with Gasteiger partial charge in [0.15, 0.2) is 0 Å². The molecule has 0 bridgehead atoms. The van der Waals surface area contributed by atoms with Gasteiger partial charge in [-0.05, 0) is 56.9 Å². The van der Waals surface area contributed by atoms with E-state index < -0.39 is 17.8 Å². The van der Waals surface area contributed by atoms with Crippen LogP contribution in [0.25, 0.3) is 0 Å². The summed E-state index contributed by atoms with van der Waals surface area (Å²) in [5.74, 6) is -0.192. The molecule has 0 aliphatic heterocycles. The molecule has 0 spiro atoms. The van der Waals surface area contributed by atoms with Crippen molar-refractivity contribution in [3.05, 3.63) is 65.7 Å². The lowest BCUT2D eigenvalue weighted by Gasteiger charge is -2.19. The number of carbonyl (C=O) groups is 2. The van der Waals surface area contributed by atoms with Crippen LogP contribution in [0.4, 0.5) is 10.5 Å². The van der Waals surface area contributed by atoms with Crippen LogP contribution in [0.5, 0.6) is 0 Å². The highest BCUT2D eigenvalue weighted by Crippen LogP contribution is 2.20. The summed E-state index contributed by atoms with van der Waals surface area (Å²) >= 11 is 0. The molecule has 2 rings (SSSR count). The molecule has 0 aliphatic rings. The Balaban J connectivity index is 1.77. The first-order valence-corrected chi connectivity index (χ1v) is 9.81. The monoisotopic (exact) mass is 398 g/mol. The number of hydrogen-bond donors (Lipinski definition) is 3. The molecule has 0 aliphatic carbocycles. The van der Waals surface area contributed by atoms with E-state index in [1.807, 2.05) is 54.6 Å². The van der Waals surface area contributed by atoms with Crippen LogP contribution in [0.3, 0.4) is 0 Å². The fourth-order valence-corrected chi connectivity index (χ4v) is 2.77. The van der Waals surface area contributed by atoms with Gasteiger partial charge >= 0.3 is 6.09 Å². The van der Waals surface area contributed by atoms with Gasteiger partial charge in [-0.2, -0.15) is 0 Å². The van der Waals surface area contributed by atoms with Gasteiger partial charge < -0.3 is 20.5 Å². The van der Waals surface area contributed by atoms with Gasteiger partial charge in [-0.25, -0.2) is 4.79 Å². The first kappa shape index (κ1) is 22.4. The number of aliphatic hydroxyl groups is 1. The predicted molar refractivity (Wildman–Crippen MR) is 114 cm³/mol. The molecule has 29 heavy (non-hydrogen) atoms. The average Bonchev–Trinajstić information content (AvgIpc) is 2.65. The zero-order valence-electron chi connectivity index (χ0n) is 17.3. The van der Waals surface area contributed by atoms with Crippen LogP contribution < -0.4 is 10.6 Å². The second kappa shape index (κ2) is 10.6. The first-order chi connectivity index (χ1) is 13.7. The van der Waals surface area contributed by atoms with Crippen molar-refractivity contribution in [3.63, 3.8) is 0 Å². The van der Waals surface area contributed by atoms with E-state index in [9.17, 15) is 14.7 Å². The number of benzene rings is 2. The van der Waals surface area contributed by atoms with Crippen molar-refractivity contribution in [1.82, 2.24) is 5.32 Å². The summed E-state index contributed by atoms with van der Waals surface area (Å²) in [5.41, 5.74) is 2.05. The van der Waals surface area contributed by atoms with E-state index in [0.717, 1.165) is 11.1 Å². The number of hydrogen-bond acceptors (Lipinski definition) is 4. The van der Waals surface area contributed by atoms with E-state index in [0.29, 0.717) is 18.5 Å². The molecule has 6 nitrogen and oxygen atoms in total. The highest BCUT2D eigenvalue weighted by atomic mass is 16.6. The van der Waals surface area contributed by atoms with Crippen LogP contribution in [0.1, 0.15) is 50.8 Å². The van der Waals surface area contributed by atoms with E-state index in [2.05, 4.69) is 10.6 Å². The van der Waals surface area contributed by atoms with Crippen LogP contribution >= 0.6 is 0 Å². The minimum absolute atomic E-state index is 0.149. The maximum Gasteiger partial charge on any atom is 0.407 e. The summed E-state index contributed by atoms with van der Waals surface area (Å²) in [7, 11) is 0. The largest absolute Gasteiger partial charge is 0.444 e. The van der Waals surface area contributed by atoms with Crippen LogP contribution in [-0.2, 0) is 16.0 Å². The summed E-state index contributed by atoms with van der Waals surface area (Å²) < 4.78 is 5.13. The first-order valence-electron chi connectivity index (χ1n) is 9.81. The number of alkyl carbamates (subject to hydrolysis) is 1. The third-order valence-electron chi connectivity index (χ3n) is 4.12. The van der Waals surface area contributed by atoms with Gasteiger partial charge in [0.2, 0.25) is 5.91 Å². The number of carbonyl (C=O) groups excluding carboxylic acids is 2. The maximum absolute atomic E-state index is 12.1. The fourth-order valence-electron chi connectivity index (χ4n) is 2.77. The minimum Gasteiger partial charge on any atom is -0.444 e. The van der Waals surface area contributed by atoms with E-state index in [1.165, 1.54) is 0 Å². The lowest BCUT2D eigenvalue weighted by Crippen LogP contribution is -2.34. The molecule has 0 saturated heterocycles. The van der Waals surface area contributed by atoms with E-state index >= 15 is 0 Å². The highest BCUT2D eigenvalue weighted by Gasteiger charge is 2.16. The Morgan fingerprint density at radius 2 is 1.79 bits per heavy atom. The number of aliphatic hydroxyl groups excluding tert-OH is 1. The van der Waals surface area contributed by atoms with Gasteiger partial charge in [0.1, 0.15) is 5.60 Å². The Morgan fingerprint density at radius 3 is 2.48 bits per heavy atom. The van der Waals surface area contributed by atoms with Crippen molar-refractivity contribution in [2.24, 2.45) is 0 Å². The van der Waals surface area contributed by atoms with Gasteiger partial charge in [0.05, 0.1) is 6.10 Å². The van der Waals surface area contributed by atoms with Crippen LogP contribution in [-0.4, -0.2) is 29.3 Å². The minimum atomic E-state index is -0.569. The van der Waals surface area contributed by atoms with E-state index in [1.54, 1.807) is 20.8 Å². The Bertz CT molecular complexity index is 800. The summed E-state index contributed by atoms with van der Waals surface area (Å²) in [5, 5.41) is 15.7. The molecule has 0 heterocycles. The molecule has 6 heteroatoms. The van der Waals surface area contributed by atoms with Crippen LogP contribution in [0, 0.1) is 0 Å². The number of rotatable bonds is 8. The number of nitrogens with one attached hydrogen (secondary N) is 2. The third-order valence-corrected chi connectivity index (χ3v) is 4.12. The van der Waals surface area contributed by atoms with Crippen molar-refractivity contribution in [2.45, 2.75) is 51.7 Å². The number of amides is 2. The van der Waals surface area contributed by atoms with Gasteiger partial charge in [0, 0.05) is 18.7 Å². The number of anilines is 1. The van der Waals surface area contributed by atoms with Crippen molar-refractivity contribution in [3.8, 4) is 0 Å². The number of aryl methyl sites for hydroxylation is 1. The van der Waals surface area contributed by atoms with Crippen molar-refractivity contribution in [2.75, 3.05) is 11.9 Å². The summed E-state index contributed by atoms with van der Waals surface area (Å²) in [6, 6.07) is 17.1. The molecular weight excluding hydrogens is 368 g/mol. The van der Waals surface area contributed by atoms with Gasteiger partial charge in [-0.3, -0.25) is 4.79 Å². The SMILES string of the molecule is CC(C)(C)OC(=O)NCCC(=O)Nc1cccc(CC[C@@H](O)c2ccccc2)c1. The third kappa shape index (κ3) is 8.79. The van der Waals surface area contributed by atoms with Crippen molar-refractivity contribution >= 4 is 17.7 Å². The lowest BCUT2D eigenvalue weighted by atomic mass is 10.0. The molecule has 0 aromatic heterocycles. The average molecular weight is 399 g/mol. The molecule has 0 unspecified atom stereocenters. The Hall–Kier alpha value is -2.86. The molecule has 2 aromatic carbocycles. The molecular formula is C23H30N2O4. The molecule has 2 amide bonds. The Labute approximate surface area is 172 Å².